The van der Waals surface area contributed by atoms with Crippen LogP contribution in [0.3, 0.4) is 0 Å². The van der Waals surface area contributed by atoms with Gasteiger partial charge in [-0.1, -0.05) is 28.1 Å². The topological polar surface area (TPSA) is 70.9 Å². The maximum Gasteiger partial charge on any atom is 0.283 e. The molecule has 23 heavy (non-hydrogen) atoms. The van der Waals surface area contributed by atoms with Crippen molar-refractivity contribution in [2.24, 2.45) is 0 Å². The predicted octanol–water partition coefficient (Wildman–Crippen LogP) is 2.89. The molecule has 1 aliphatic heterocycles. The number of likely N-dealkylation sites (tertiary alicyclic amines) is 1. The summed E-state index contributed by atoms with van der Waals surface area (Å²) in [5.41, 5.74) is 7.05. The fraction of sp³-hybridized carbons (Fsp3) is 0.333. The monoisotopic (exact) mass is 381 g/mol. The minimum atomic E-state index is -2.95. The lowest BCUT2D eigenvalue weighted by atomic mass is 10.1. The van der Waals surface area contributed by atoms with Crippen LogP contribution in [0.15, 0.2) is 28.7 Å². The van der Waals surface area contributed by atoms with Crippen molar-refractivity contribution in [3.8, 4) is 17.3 Å². The van der Waals surface area contributed by atoms with Gasteiger partial charge in [0, 0.05) is 16.6 Å². The van der Waals surface area contributed by atoms with Crippen LogP contribution < -0.4 is 5.73 Å². The van der Waals surface area contributed by atoms with Gasteiger partial charge in [-0.05, 0) is 19.2 Å². The van der Waals surface area contributed by atoms with Gasteiger partial charge >= 0.3 is 0 Å². The van der Waals surface area contributed by atoms with Crippen LogP contribution >= 0.6 is 15.9 Å². The first kappa shape index (κ1) is 15.9. The van der Waals surface area contributed by atoms with Crippen molar-refractivity contribution in [3.05, 3.63) is 34.3 Å². The Labute approximate surface area is 140 Å². The molecule has 0 bridgehead atoms. The molecule has 2 N–H and O–H groups in total. The molecule has 0 radical (unpaired) electrons. The van der Waals surface area contributed by atoms with Gasteiger partial charge in [0.05, 0.1) is 6.54 Å². The Balaban J connectivity index is 2.11. The van der Waals surface area contributed by atoms with Crippen LogP contribution in [-0.4, -0.2) is 40.7 Å². The van der Waals surface area contributed by atoms with Crippen molar-refractivity contribution in [1.82, 2.24) is 14.7 Å². The first-order valence-electron chi connectivity index (χ1n) is 6.94. The average molecular weight is 382 g/mol. The molecule has 1 fully saturated rings. The largest absolute Gasteiger partial charge is 0.383 e. The third kappa shape index (κ3) is 2.71. The van der Waals surface area contributed by atoms with Gasteiger partial charge in [0.25, 0.3) is 5.92 Å². The normalized spacial score (nSPS) is 20.6. The number of nitrogen functional groups attached to an aromatic ring is 1. The summed E-state index contributed by atoms with van der Waals surface area (Å²) in [7, 11) is 1.62. The molecule has 2 aromatic rings. The summed E-state index contributed by atoms with van der Waals surface area (Å²) in [4.78, 5) is 1.52. The standard InChI is InChI=1S/C15H14BrF2N5/c1-22-7-12(15(17,18)8-22)23-14(20)11(6-19)13(21-23)9-2-4-10(16)5-3-9/h2-5,12H,7-8,20H2,1H3. The van der Waals surface area contributed by atoms with E-state index in [9.17, 15) is 14.0 Å². The minimum Gasteiger partial charge on any atom is -0.383 e. The highest BCUT2D eigenvalue weighted by molar-refractivity contribution is 9.10. The number of benzene rings is 1. The summed E-state index contributed by atoms with van der Waals surface area (Å²) < 4.78 is 30.3. The lowest BCUT2D eigenvalue weighted by Crippen LogP contribution is -2.31. The van der Waals surface area contributed by atoms with E-state index in [4.69, 9.17) is 5.73 Å². The van der Waals surface area contributed by atoms with Crippen molar-refractivity contribution < 1.29 is 8.78 Å². The van der Waals surface area contributed by atoms with Gasteiger partial charge < -0.3 is 5.73 Å². The van der Waals surface area contributed by atoms with Gasteiger partial charge in [0.1, 0.15) is 29.2 Å². The Morgan fingerprint density at radius 1 is 1.39 bits per heavy atom. The molecule has 120 valence electrons. The van der Waals surface area contributed by atoms with Crippen LogP contribution in [0.25, 0.3) is 11.3 Å². The Morgan fingerprint density at radius 3 is 2.57 bits per heavy atom. The van der Waals surface area contributed by atoms with Crippen molar-refractivity contribution in [1.29, 1.82) is 5.26 Å². The van der Waals surface area contributed by atoms with Gasteiger partial charge in [-0.2, -0.15) is 10.4 Å². The number of nitrogens with two attached hydrogens (primary N) is 1. The molecule has 0 amide bonds. The quantitative estimate of drug-likeness (QED) is 0.867. The number of rotatable bonds is 2. The second-order valence-corrected chi connectivity index (χ2v) is 6.56. The van der Waals surface area contributed by atoms with Crippen molar-refractivity contribution in [2.45, 2.75) is 12.0 Å². The Hall–Kier alpha value is -1.98. The lowest BCUT2D eigenvalue weighted by Gasteiger charge is -2.19. The van der Waals surface area contributed by atoms with E-state index in [-0.39, 0.29) is 24.5 Å². The zero-order chi connectivity index (χ0) is 16.8. The van der Waals surface area contributed by atoms with Crippen LogP contribution in [0.5, 0.6) is 0 Å². The molecule has 1 aromatic heterocycles. The van der Waals surface area contributed by atoms with Gasteiger partial charge in [0.15, 0.2) is 0 Å². The molecule has 0 saturated carbocycles. The van der Waals surface area contributed by atoms with Crippen LogP contribution in [0.1, 0.15) is 11.6 Å². The van der Waals surface area contributed by atoms with Crippen LogP contribution in [0.2, 0.25) is 0 Å². The average Bonchev–Trinajstić information content (AvgIpc) is 2.95. The number of halogens is 3. The number of nitriles is 1. The zero-order valence-corrected chi connectivity index (χ0v) is 13.9. The molecule has 0 spiro atoms. The Morgan fingerprint density at radius 2 is 2.04 bits per heavy atom. The first-order valence-corrected chi connectivity index (χ1v) is 7.73. The van der Waals surface area contributed by atoms with Crippen molar-refractivity contribution >= 4 is 21.7 Å². The van der Waals surface area contributed by atoms with Crippen LogP contribution in [-0.2, 0) is 0 Å². The number of aromatic nitrogens is 2. The van der Waals surface area contributed by atoms with E-state index in [1.165, 1.54) is 4.90 Å². The molecular weight excluding hydrogens is 368 g/mol. The minimum absolute atomic E-state index is 0.0228. The van der Waals surface area contributed by atoms with E-state index in [1.807, 2.05) is 6.07 Å². The smallest absolute Gasteiger partial charge is 0.283 e. The second kappa shape index (κ2) is 5.58. The number of likely N-dealkylation sites (N-methyl/N-ethyl adjacent to an activating group) is 1. The predicted molar refractivity (Wildman–Crippen MR) is 86.0 cm³/mol. The molecule has 2 heterocycles. The number of alkyl halides is 2. The molecule has 1 aliphatic rings. The van der Waals surface area contributed by atoms with E-state index in [0.717, 1.165) is 9.15 Å². The van der Waals surface area contributed by atoms with E-state index in [0.29, 0.717) is 11.3 Å². The maximum absolute atomic E-state index is 14.2. The molecule has 1 atom stereocenters. The molecular formula is C15H14BrF2N5. The highest BCUT2D eigenvalue weighted by atomic mass is 79.9. The molecule has 1 aromatic carbocycles. The molecule has 1 unspecified atom stereocenters. The fourth-order valence-electron chi connectivity index (χ4n) is 2.82. The van der Waals surface area contributed by atoms with Crippen molar-refractivity contribution in [3.63, 3.8) is 0 Å². The van der Waals surface area contributed by atoms with Gasteiger partial charge in [-0.15, -0.1) is 0 Å². The number of nitrogens with zero attached hydrogens (tertiary/aromatic N) is 4. The highest BCUT2D eigenvalue weighted by Crippen LogP contribution is 2.39. The Bertz CT molecular complexity index is 778. The third-order valence-electron chi connectivity index (χ3n) is 3.93. The molecule has 1 saturated heterocycles. The van der Waals surface area contributed by atoms with E-state index < -0.39 is 12.0 Å². The maximum atomic E-state index is 14.2. The lowest BCUT2D eigenvalue weighted by molar-refractivity contribution is -0.0232. The highest BCUT2D eigenvalue weighted by Gasteiger charge is 2.49. The number of hydrogen-bond donors (Lipinski definition) is 1. The zero-order valence-electron chi connectivity index (χ0n) is 12.3. The van der Waals surface area contributed by atoms with Crippen molar-refractivity contribution in [2.75, 3.05) is 25.9 Å². The summed E-state index contributed by atoms with van der Waals surface area (Å²) in [6.45, 7) is -0.226. The fourth-order valence-corrected chi connectivity index (χ4v) is 3.08. The van der Waals surface area contributed by atoms with Crippen LogP contribution in [0.4, 0.5) is 14.6 Å². The molecule has 5 nitrogen and oxygen atoms in total. The van der Waals surface area contributed by atoms with Gasteiger partial charge in [0.2, 0.25) is 0 Å². The summed E-state index contributed by atoms with van der Waals surface area (Å²) in [6, 6.07) is 7.91. The third-order valence-corrected chi connectivity index (χ3v) is 4.45. The summed E-state index contributed by atoms with van der Waals surface area (Å²) in [6.07, 6.45) is 0. The number of anilines is 1. The van der Waals surface area contributed by atoms with Gasteiger partial charge in [-0.25, -0.2) is 13.5 Å². The summed E-state index contributed by atoms with van der Waals surface area (Å²) in [5.74, 6) is -2.97. The van der Waals surface area contributed by atoms with Crippen LogP contribution in [0, 0.1) is 11.3 Å². The van der Waals surface area contributed by atoms with E-state index in [2.05, 4.69) is 21.0 Å². The molecule has 0 aliphatic carbocycles. The Kier molecular flexibility index (Phi) is 3.86. The molecule has 3 rings (SSSR count). The molecule has 8 heteroatoms. The van der Waals surface area contributed by atoms with Gasteiger partial charge in [-0.3, -0.25) is 4.90 Å². The first-order chi connectivity index (χ1) is 10.8. The van der Waals surface area contributed by atoms with E-state index in [1.54, 1.807) is 31.3 Å². The number of hydrogen-bond acceptors (Lipinski definition) is 4. The summed E-state index contributed by atoms with van der Waals surface area (Å²) >= 11 is 3.33. The van der Waals surface area contributed by atoms with E-state index >= 15 is 0 Å². The summed E-state index contributed by atoms with van der Waals surface area (Å²) in [5, 5.41) is 13.6. The SMILES string of the molecule is CN1CC(n2nc(-c3ccc(Br)cc3)c(C#N)c2N)C(F)(F)C1. The second-order valence-electron chi connectivity index (χ2n) is 5.65.